The van der Waals surface area contributed by atoms with E-state index in [1.165, 1.54) is 0 Å². The Balaban J connectivity index is 2.81. The van der Waals surface area contributed by atoms with Gasteiger partial charge in [-0.25, -0.2) is 4.68 Å². The molecule has 1 aromatic heterocycles. The first-order valence-corrected chi connectivity index (χ1v) is 4.98. The van der Waals surface area contributed by atoms with Gasteiger partial charge in [0.1, 0.15) is 0 Å². The summed E-state index contributed by atoms with van der Waals surface area (Å²) in [5.41, 5.74) is 5.96. The molecule has 14 heavy (non-hydrogen) atoms. The maximum atomic E-state index is 5.76. The molecule has 2 N–H and O–H groups in total. The molecule has 80 valence electrons. The summed E-state index contributed by atoms with van der Waals surface area (Å²) in [6.07, 6.45) is 1.09. The van der Waals surface area contributed by atoms with Gasteiger partial charge < -0.3 is 5.73 Å². The van der Waals surface area contributed by atoms with Crippen LogP contribution in [0.1, 0.15) is 46.0 Å². The fraction of sp³-hybridized carbons (Fsp3) is 0.889. The Bertz CT molecular complexity index is 289. The second kappa shape index (κ2) is 4.04. The summed E-state index contributed by atoms with van der Waals surface area (Å²) in [6.45, 7) is 9.25. The number of aromatic nitrogens is 4. The molecule has 0 amide bonds. The third-order valence-corrected chi connectivity index (χ3v) is 2.50. The van der Waals surface area contributed by atoms with E-state index in [-0.39, 0.29) is 11.5 Å². The summed E-state index contributed by atoms with van der Waals surface area (Å²) in [7, 11) is 0. The number of hydrogen-bond donors (Lipinski definition) is 1. The minimum Gasteiger partial charge on any atom is -0.322 e. The Morgan fingerprint density at radius 2 is 2.14 bits per heavy atom. The molecule has 1 atom stereocenters. The second-order valence-electron chi connectivity index (χ2n) is 4.50. The van der Waals surface area contributed by atoms with Crippen LogP contribution in [0.3, 0.4) is 0 Å². The molecule has 5 heteroatoms. The van der Waals surface area contributed by atoms with Gasteiger partial charge in [0.25, 0.3) is 0 Å². The maximum absolute atomic E-state index is 5.76. The van der Waals surface area contributed by atoms with E-state index in [1.54, 1.807) is 4.68 Å². The van der Waals surface area contributed by atoms with Gasteiger partial charge in [0.05, 0.1) is 6.04 Å². The van der Waals surface area contributed by atoms with Crippen LogP contribution in [0.2, 0.25) is 0 Å². The molecular weight excluding hydrogens is 178 g/mol. The highest BCUT2D eigenvalue weighted by Crippen LogP contribution is 2.22. The molecule has 0 aromatic carbocycles. The van der Waals surface area contributed by atoms with Gasteiger partial charge in [0, 0.05) is 6.54 Å². The van der Waals surface area contributed by atoms with Crippen LogP contribution in [0.25, 0.3) is 0 Å². The molecule has 1 aromatic rings. The molecule has 0 saturated carbocycles. The summed E-state index contributed by atoms with van der Waals surface area (Å²) in [6, 6.07) is -0.113. The van der Waals surface area contributed by atoms with E-state index in [4.69, 9.17) is 5.73 Å². The number of nitrogens with two attached hydrogens (primary N) is 1. The van der Waals surface area contributed by atoms with E-state index in [9.17, 15) is 0 Å². The molecule has 0 aliphatic rings. The monoisotopic (exact) mass is 197 g/mol. The quantitative estimate of drug-likeness (QED) is 0.785. The highest BCUT2D eigenvalue weighted by atomic mass is 15.5. The zero-order valence-corrected chi connectivity index (χ0v) is 9.36. The van der Waals surface area contributed by atoms with E-state index in [0.717, 1.165) is 18.8 Å². The number of tetrazole rings is 1. The van der Waals surface area contributed by atoms with Crippen molar-refractivity contribution >= 4 is 0 Å². The summed E-state index contributed by atoms with van der Waals surface area (Å²) in [5.74, 6) is 0.756. The van der Waals surface area contributed by atoms with Gasteiger partial charge in [-0.2, -0.15) is 0 Å². The van der Waals surface area contributed by atoms with Crippen molar-refractivity contribution in [3.8, 4) is 0 Å². The van der Waals surface area contributed by atoms with Crippen LogP contribution >= 0.6 is 0 Å². The molecule has 0 saturated heterocycles. The van der Waals surface area contributed by atoms with Crippen LogP contribution in [-0.2, 0) is 6.54 Å². The lowest BCUT2D eigenvalue weighted by Crippen LogP contribution is -2.23. The van der Waals surface area contributed by atoms with Crippen LogP contribution in [0.4, 0.5) is 0 Å². The van der Waals surface area contributed by atoms with Gasteiger partial charge in [0.15, 0.2) is 5.82 Å². The van der Waals surface area contributed by atoms with Crippen LogP contribution in [0.5, 0.6) is 0 Å². The molecule has 0 fully saturated rings. The number of hydrogen-bond acceptors (Lipinski definition) is 4. The molecule has 5 nitrogen and oxygen atoms in total. The third kappa shape index (κ3) is 2.51. The smallest absolute Gasteiger partial charge is 0.167 e. The average Bonchev–Trinajstić information content (AvgIpc) is 2.51. The van der Waals surface area contributed by atoms with Gasteiger partial charge in [-0.15, -0.1) is 5.10 Å². The summed E-state index contributed by atoms with van der Waals surface area (Å²) < 4.78 is 1.80. The van der Waals surface area contributed by atoms with Crippen molar-refractivity contribution in [1.82, 2.24) is 20.2 Å². The van der Waals surface area contributed by atoms with Crippen LogP contribution in [0, 0.1) is 5.41 Å². The van der Waals surface area contributed by atoms with Gasteiger partial charge >= 0.3 is 0 Å². The third-order valence-electron chi connectivity index (χ3n) is 2.50. The van der Waals surface area contributed by atoms with Crippen LogP contribution in [0.15, 0.2) is 0 Å². The zero-order valence-electron chi connectivity index (χ0n) is 9.36. The minimum absolute atomic E-state index is 0.113. The molecule has 0 bridgehead atoms. The Kier molecular flexibility index (Phi) is 3.21. The van der Waals surface area contributed by atoms with Crippen molar-refractivity contribution < 1.29 is 0 Å². The first-order chi connectivity index (χ1) is 6.46. The number of rotatable bonds is 4. The summed E-state index contributed by atoms with van der Waals surface area (Å²) in [4.78, 5) is 0. The first kappa shape index (κ1) is 11.1. The highest BCUT2D eigenvalue weighted by Gasteiger charge is 2.20. The lowest BCUT2D eigenvalue weighted by Gasteiger charge is -2.22. The molecule has 1 rings (SSSR count). The van der Waals surface area contributed by atoms with E-state index in [1.807, 2.05) is 6.92 Å². The Labute approximate surface area is 84.7 Å². The highest BCUT2D eigenvalue weighted by molar-refractivity contribution is 4.88. The summed E-state index contributed by atoms with van der Waals surface area (Å²) >= 11 is 0. The van der Waals surface area contributed by atoms with Gasteiger partial charge in [0.2, 0.25) is 0 Å². The maximum Gasteiger partial charge on any atom is 0.167 e. The average molecular weight is 197 g/mol. The zero-order chi connectivity index (χ0) is 10.8. The predicted molar refractivity (Wildman–Crippen MR) is 54.5 cm³/mol. The second-order valence-corrected chi connectivity index (χ2v) is 4.50. The van der Waals surface area contributed by atoms with Gasteiger partial charge in [-0.3, -0.25) is 0 Å². The predicted octanol–water partition coefficient (Wildman–Crippen LogP) is 1.13. The fourth-order valence-corrected chi connectivity index (χ4v) is 1.17. The van der Waals surface area contributed by atoms with Crippen molar-refractivity contribution in [3.63, 3.8) is 0 Å². The lowest BCUT2D eigenvalue weighted by molar-refractivity contribution is 0.271. The molecular formula is C9H19N5. The number of nitrogens with zero attached hydrogens (tertiary/aromatic N) is 4. The van der Waals surface area contributed by atoms with Crippen molar-refractivity contribution in [1.29, 1.82) is 0 Å². The SMILES string of the molecule is CCC(C)(C)Cn1nnnc1C(C)N. The van der Waals surface area contributed by atoms with Crippen molar-refractivity contribution in [3.05, 3.63) is 5.82 Å². The normalized spacial score (nSPS) is 14.4. The van der Waals surface area contributed by atoms with Gasteiger partial charge in [-0.1, -0.05) is 20.8 Å². The Hall–Kier alpha value is -0.970. The molecule has 1 heterocycles. The molecule has 0 aliphatic heterocycles. The van der Waals surface area contributed by atoms with Crippen molar-refractivity contribution in [2.75, 3.05) is 0 Å². The summed E-state index contributed by atoms with van der Waals surface area (Å²) in [5, 5.41) is 11.5. The lowest BCUT2D eigenvalue weighted by atomic mass is 9.90. The molecule has 0 radical (unpaired) electrons. The van der Waals surface area contributed by atoms with Gasteiger partial charge in [-0.05, 0) is 29.2 Å². The Morgan fingerprint density at radius 1 is 1.50 bits per heavy atom. The first-order valence-electron chi connectivity index (χ1n) is 4.98. The largest absolute Gasteiger partial charge is 0.322 e. The van der Waals surface area contributed by atoms with E-state index in [2.05, 4.69) is 36.3 Å². The minimum atomic E-state index is -0.113. The van der Waals surface area contributed by atoms with E-state index < -0.39 is 0 Å². The van der Waals surface area contributed by atoms with Crippen molar-refractivity contribution in [2.24, 2.45) is 11.1 Å². The van der Waals surface area contributed by atoms with Crippen LogP contribution < -0.4 is 5.73 Å². The van der Waals surface area contributed by atoms with E-state index in [0.29, 0.717) is 0 Å². The molecule has 0 aliphatic carbocycles. The topological polar surface area (TPSA) is 69.6 Å². The van der Waals surface area contributed by atoms with E-state index >= 15 is 0 Å². The fourth-order valence-electron chi connectivity index (χ4n) is 1.17. The molecule has 0 spiro atoms. The Morgan fingerprint density at radius 3 is 2.64 bits per heavy atom. The standard InChI is InChI=1S/C9H19N5/c1-5-9(3,4)6-14-8(7(2)10)11-12-13-14/h7H,5-6,10H2,1-4H3. The molecule has 1 unspecified atom stereocenters. The van der Waals surface area contributed by atoms with Crippen molar-refractivity contribution in [2.45, 2.75) is 46.7 Å². The van der Waals surface area contributed by atoms with Crippen LogP contribution in [-0.4, -0.2) is 20.2 Å².